The van der Waals surface area contributed by atoms with Crippen LogP contribution < -0.4 is 0 Å². The molecule has 1 aliphatic carbocycles. The minimum absolute atomic E-state index is 0.0181. The van der Waals surface area contributed by atoms with Gasteiger partial charge in [-0.2, -0.15) is 0 Å². The van der Waals surface area contributed by atoms with Gasteiger partial charge in [-0.05, 0) is 25.2 Å². The Bertz CT molecular complexity index is 426. The number of carbonyl (C=O) groups excluding carboxylic acids is 2. The Hall–Kier alpha value is -0.910. The van der Waals surface area contributed by atoms with Gasteiger partial charge < -0.3 is 4.74 Å². The fourth-order valence-corrected chi connectivity index (χ4v) is 3.80. The molecule has 0 aliphatic heterocycles. The van der Waals surface area contributed by atoms with Gasteiger partial charge in [-0.3, -0.25) is 9.59 Å². The van der Waals surface area contributed by atoms with Gasteiger partial charge >= 0.3 is 5.97 Å². The van der Waals surface area contributed by atoms with Crippen molar-refractivity contribution < 1.29 is 22.7 Å². The van der Waals surface area contributed by atoms with Crippen LogP contribution in [0.25, 0.3) is 0 Å². The minimum atomic E-state index is -3.01. The molecule has 0 N–H and O–H groups in total. The van der Waals surface area contributed by atoms with E-state index in [1.54, 1.807) is 0 Å². The number of hydrogen-bond acceptors (Lipinski definition) is 5. The van der Waals surface area contributed by atoms with Crippen molar-refractivity contribution >= 4 is 21.6 Å². The monoisotopic (exact) mass is 290 g/mol. The Kier molecular flexibility index (Phi) is 5.97. The molecular weight excluding hydrogens is 268 g/mol. The second-order valence-corrected chi connectivity index (χ2v) is 7.63. The molecule has 1 saturated carbocycles. The lowest BCUT2D eigenvalue weighted by Gasteiger charge is -2.27. The number of ether oxygens (including phenoxy) is 1. The van der Waals surface area contributed by atoms with E-state index in [4.69, 9.17) is 0 Å². The molecule has 2 atom stereocenters. The fourth-order valence-electron chi connectivity index (χ4n) is 2.58. The van der Waals surface area contributed by atoms with Crippen LogP contribution in [0.3, 0.4) is 0 Å². The van der Waals surface area contributed by atoms with Crippen LogP contribution in [0, 0.1) is 5.92 Å². The van der Waals surface area contributed by atoms with Crippen molar-refractivity contribution in [2.24, 2.45) is 5.92 Å². The zero-order valence-electron chi connectivity index (χ0n) is 11.6. The van der Waals surface area contributed by atoms with Crippen molar-refractivity contribution in [3.8, 4) is 0 Å². The molecule has 0 amide bonds. The Morgan fingerprint density at radius 1 is 1.21 bits per heavy atom. The summed E-state index contributed by atoms with van der Waals surface area (Å²) in [6.07, 6.45) is 4.96. The Labute approximate surface area is 114 Å². The lowest BCUT2D eigenvalue weighted by Crippen LogP contribution is -2.28. The van der Waals surface area contributed by atoms with Gasteiger partial charge in [0.2, 0.25) is 0 Å². The molecule has 1 fully saturated rings. The summed E-state index contributed by atoms with van der Waals surface area (Å²) in [5.41, 5.74) is 0. The Balaban J connectivity index is 2.40. The maximum Gasteiger partial charge on any atom is 0.305 e. The standard InChI is InChI=1S/C13H22O5S/c1-18-13(15)7-6-11(14)8-10-4-3-5-12(9-10)19(2,16)17/h10,12H,3-9H2,1-2H3. The van der Waals surface area contributed by atoms with Gasteiger partial charge in [0.25, 0.3) is 0 Å². The highest BCUT2D eigenvalue weighted by Gasteiger charge is 2.29. The lowest BCUT2D eigenvalue weighted by atomic mass is 9.85. The Morgan fingerprint density at radius 3 is 2.47 bits per heavy atom. The largest absolute Gasteiger partial charge is 0.469 e. The quantitative estimate of drug-likeness (QED) is 0.693. The highest BCUT2D eigenvalue weighted by molar-refractivity contribution is 7.91. The number of methoxy groups -OCH3 is 1. The number of sulfone groups is 1. The van der Waals surface area contributed by atoms with Crippen molar-refractivity contribution in [3.63, 3.8) is 0 Å². The highest BCUT2D eigenvalue weighted by Crippen LogP contribution is 2.31. The summed E-state index contributed by atoms with van der Waals surface area (Å²) in [4.78, 5) is 22.7. The molecule has 110 valence electrons. The zero-order valence-corrected chi connectivity index (χ0v) is 12.4. The lowest BCUT2D eigenvalue weighted by molar-refractivity contribution is -0.142. The van der Waals surface area contributed by atoms with Gasteiger partial charge in [0.15, 0.2) is 0 Å². The minimum Gasteiger partial charge on any atom is -0.469 e. The summed E-state index contributed by atoms with van der Waals surface area (Å²) >= 11 is 0. The maximum atomic E-state index is 11.7. The van der Waals surface area contributed by atoms with Crippen LogP contribution >= 0.6 is 0 Å². The fraction of sp³-hybridized carbons (Fsp3) is 0.846. The molecule has 0 aromatic rings. The van der Waals surface area contributed by atoms with Gasteiger partial charge in [-0.15, -0.1) is 0 Å². The van der Waals surface area contributed by atoms with Gasteiger partial charge in [-0.25, -0.2) is 8.42 Å². The van der Waals surface area contributed by atoms with Gasteiger partial charge in [0.1, 0.15) is 15.6 Å². The molecule has 0 heterocycles. The van der Waals surface area contributed by atoms with E-state index in [0.29, 0.717) is 19.3 Å². The topological polar surface area (TPSA) is 77.5 Å². The number of hydrogen-bond donors (Lipinski definition) is 0. The van der Waals surface area contributed by atoms with Crippen molar-refractivity contribution in [2.75, 3.05) is 13.4 Å². The maximum absolute atomic E-state index is 11.7. The molecule has 0 saturated heterocycles. The molecule has 0 bridgehead atoms. The van der Waals surface area contributed by atoms with Crippen LogP contribution in [0.5, 0.6) is 0 Å². The van der Waals surface area contributed by atoms with E-state index in [1.165, 1.54) is 13.4 Å². The van der Waals surface area contributed by atoms with E-state index in [1.807, 2.05) is 0 Å². The average molecular weight is 290 g/mol. The summed E-state index contributed by atoms with van der Waals surface area (Å²) in [7, 11) is -1.71. The Morgan fingerprint density at radius 2 is 1.89 bits per heavy atom. The third-order valence-corrected chi connectivity index (χ3v) is 5.33. The molecule has 2 unspecified atom stereocenters. The number of esters is 1. The van der Waals surface area contributed by atoms with Crippen LogP contribution in [0.4, 0.5) is 0 Å². The average Bonchev–Trinajstić information content (AvgIpc) is 2.35. The van der Waals surface area contributed by atoms with E-state index in [0.717, 1.165) is 12.8 Å². The van der Waals surface area contributed by atoms with E-state index in [2.05, 4.69) is 4.74 Å². The van der Waals surface area contributed by atoms with Crippen molar-refractivity contribution in [2.45, 2.75) is 50.2 Å². The SMILES string of the molecule is COC(=O)CCC(=O)CC1CCCC(S(C)(=O)=O)C1. The number of ketones is 1. The van der Waals surface area contributed by atoms with E-state index >= 15 is 0 Å². The van der Waals surface area contributed by atoms with Gasteiger partial charge in [-0.1, -0.05) is 6.42 Å². The van der Waals surface area contributed by atoms with Crippen LogP contribution in [-0.4, -0.2) is 38.8 Å². The van der Waals surface area contributed by atoms with Crippen LogP contribution in [0.2, 0.25) is 0 Å². The summed E-state index contributed by atoms with van der Waals surface area (Å²) in [5.74, 6) is -0.228. The highest BCUT2D eigenvalue weighted by atomic mass is 32.2. The molecule has 0 aromatic heterocycles. The molecule has 1 aliphatic rings. The zero-order chi connectivity index (χ0) is 14.5. The van der Waals surface area contributed by atoms with E-state index in [-0.39, 0.29) is 35.8 Å². The number of carbonyl (C=O) groups is 2. The van der Waals surface area contributed by atoms with Crippen molar-refractivity contribution in [1.82, 2.24) is 0 Å². The van der Waals surface area contributed by atoms with Gasteiger partial charge in [0, 0.05) is 19.1 Å². The first-order chi connectivity index (χ1) is 8.82. The van der Waals surface area contributed by atoms with Crippen molar-refractivity contribution in [1.29, 1.82) is 0 Å². The third-order valence-electron chi connectivity index (χ3n) is 3.69. The molecular formula is C13H22O5S. The van der Waals surface area contributed by atoms with Crippen molar-refractivity contribution in [3.05, 3.63) is 0 Å². The van der Waals surface area contributed by atoms with E-state index < -0.39 is 9.84 Å². The third kappa shape index (κ3) is 5.72. The first-order valence-electron chi connectivity index (χ1n) is 6.60. The number of Topliss-reactive ketones (excluding diaryl/α,β-unsaturated/α-hetero) is 1. The molecule has 0 aromatic carbocycles. The predicted octanol–water partition coefficient (Wildman–Crippen LogP) is 1.50. The summed E-state index contributed by atoms with van der Waals surface area (Å²) in [6.45, 7) is 0. The second kappa shape index (κ2) is 7.03. The molecule has 0 spiro atoms. The summed E-state index contributed by atoms with van der Waals surface area (Å²) in [5, 5.41) is -0.306. The second-order valence-electron chi connectivity index (χ2n) is 5.30. The first kappa shape index (κ1) is 16.1. The van der Waals surface area contributed by atoms with E-state index in [9.17, 15) is 18.0 Å². The van der Waals surface area contributed by atoms with Crippen LogP contribution in [0.1, 0.15) is 44.9 Å². The molecule has 19 heavy (non-hydrogen) atoms. The normalized spacial score (nSPS) is 23.9. The van der Waals surface area contributed by atoms with Crippen LogP contribution in [0.15, 0.2) is 0 Å². The molecule has 1 rings (SSSR count). The number of rotatable bonds is 6. The predicted molar refractivity (Wildman–Crippen MR) is 71.5 cm³/mol. The molecule has 6 heteroatoms. The smallest absolute Gasteiger partial charge is 0.305 e. The molecule has 0 radical (unpaired) electrons. The summed E-state index contributed by atoms with van der Waals surface area (Å²) in [6, 6.07) is 0. The summed E-state index contributed by atoms with van der Waals surface area (Å²) < 4.78 is 27.5. The van der Waals surface area contributed by atoms with Crippen LogP contribution in [-0.2, 0) is 24.2 Å². The first-order valence-corrected chi connectivity index (χ1v) is 8.55. The molecule has 5 nitrogen and oxygen atoms in total. The van der Waals surface area contributed by atoms with Gasteiger partial charge in [0.05, 0.1) is 18.8 Å².